The van der Waals surface area contributed by atoms with Crippen molar-refractivity contribution >= 4 is 26.0 Å². The van der Waals surface area contributed by atoms with E-state index in [1.165, 1.54) is 76.1 Å². The van der Waals surface area contributed by atoms with E-state index in [4.69, 9.17) is 18.6 Å². The number of carbonyl (C=O) groups excluding carboxylic acids is 1. The van der Waals surface area contributed by atoms with E-state index in [1.807, 2.05) is 38.1 Å². The topological polar surface area (TPSA) is 151 Å². The highest BCUT2D eigenvalue weighted by molar-refractivity contribution is 7.86. The second-order valence-corrected chi connectivity index (χ2v) is 17.8. The molecular formula is C41H46N2O9S2. The predicted octanol–water partition coefficient (Wildman–Crippen LogP) is 6.33. The van der Waals surface area contributed by atoms with Gasteiger partial charge in [0, 0.05) is 24.2 Å². The standard InChI is InChI=1S/C27H30N2O3.2C7H8O3S/c30-27-23-13-19(31-25-15-28-9-5-17(25)6-10-28)1-3-21(23)22-4-2-20(14-24(22)27)32-26-16-29-11-7-18(26)8-12-29;2*1-6-2-4-7(5-3-6)11(8,9)10/h1-4,13-14,17-18,25-26H,5-12,15-16H2;2*2-5H,1H3,(H,8,9,10)/t25-,26-;;/m0../s1. The van der Waals surface area contributed by atoms with Gasteiger partial charge in [-0.15, -0.1) is 0 Å². The molecule has 0 unspecified atom stereocenters. The van der Waals surface area contributed by atoms with Crippen molar-refractivity contribution in [1.82, 2.24) is 9.80 Å². The van der Waals surface area contributed by atoms with Gasteiger partial charge in [0.25, 0.3) is 20.2 Å². The molecule has 11 nitrogen and oxygen atoms in total. The van der Waals surface area contributed by atoms with Crippen LogP contribution in [0.15, 0.2) is 94.7 Å². The Kier molecular flexibility index (Phi) is 11.0. The Morgan fingerprint density at radius 1 is 0.537 bits per heavy atom. The van der Waals surface area contributed by atoms with Crippen molar-refractivity contribution in [2.24, 2.45) is 11.8 Å². The molecule has 7 aliphatic rings. The van der Waals surface area contributed by atoms with Crippen LogP contribution in [-0.4, -0.2) is 93.0 Å². The van der Waals surface area contributed by atoms with Gasteiger partial charge in [-0.25, -0.2) is 0 Å². The fourth-order valence-corrected chi connectivity index (χ4v) is 9.00. The van der Waals surface area contributed by atoms with E-state index in [9.17, 15) is 21.6 Å². The second-order valence-electron chi connectivity index (χ2n) is 14.9. The maximum atomic E-state index is 13.3. The van der Waals surface area contributed by atoms with Crippen LogP contribution in [0.2, 0.25) is 0 Å². The van der Waals surface area contributed by atoms with E-state index in [-0.39, 0.29) is 27.8 Å². The quantitative estimate of drug-likeness (QED) is 0.187. The highest BCUT2D eigenvalue weighted by atomic mass is 32.2. The molecule has 286 valence electrons. The smallest absolute Gasteiger partial charge is 0.294 e. The Bertz CT molecular complexity index is 2050. The molecule has 2 atom stereocenters. The van der Waals surface area contributed by atoms with Crippen LogP contribution in [0, 0.1) is 25.7 Å². The van der Waals surface area contributed by atoms with Gasteiger partial charge < -0.3 is 9.47 Å². The zero-order chi connectivity index (χ0) is 38.2. The first kappa shape index (κ1) is 38.2. The first-order valence-electron chi connectivity index (χ1n) is 18.4. The average Bonchev–Trinajstić information content (AvgIpc) is 3.43. The van der Waals surface area contributed by atoms with E-state index in [0.29, 0.717) is 11.8 Å². The van der Waals surface area contributed by atoms with Crippen LogP contribution in [-0.2, 0) is 20.2 Å². The maximum absolute atomic E-state index is 13.3. The van der Waals surface area contributed by atoms with Crippen molar-refractivity contribution < 1.29 is 40.2 Å². The van der Waals surface area contributed by atoms with Gasteiger partial charge in [-0.3, -0.25) is 23.7 Å². The highest BCUT2D eigenvalue weighted by Crippen LogP contribution is 2.41. The van der Waals surface area contributed by atoms with Crippen molar-refractivity contribution in [3.8, 4) is 22.6 Å². The summed E-state index contributed by atoms with van der Waals surface area (Å²) in [5, 5.41) is 0. The third kappa shape index (κ3) is 8.72. The fraction of sp³-hybridized carbons (Fsp3) is 0.390. The third-order valence-electron chi connectivity index (χ3n) is 11.2. The molecule has 6 saturated heterocycles. The van der Waals surface area contributed by atoms with Gasteiger partial charge in [0.2, 0.25) is 0 Å². The number of nitrogens with zero attached hydrogens (tertiary/aromatic N) is 2. The molecule has 11 rings (SSSR count). The lowest BCUT2D eigenvalue weighted by molar-refractivity contribution is -0.00779. The first-order valence-corrected chi connectivity index (χ1v) is 21.3. The van der Waals surface area contributed by atoms with Crippen LogP contribution in [0.5, 0.6) is 11.5 Å². The number of benzene rings is 4. The molecule has 0 saturated carbocycles. The fourth-order valence-electron chi connectivity index (χ4n) is 8.04. The summed E-state index contributed by atoms with van der Waals surface area (Å²) in [6.45, 7) is 10.5. The summed E-state index contributed by atoms with van der Waals surface area (Å²) in [6, 6.07) is 24.1. The Balaban J connectivity index is 0.000000168. The Morgan fingerprint density at radius 2 is 0.889 bits per heavy atom. The SMILES string of the molecule is Cc1ccc(S(=O)(=O)O)cc1.Cc1ccc(S(=O)(=O)O)cc1.O=C1c2cc(O[C@H]3CN4CCC3CC4)ccc2-c2ccc(O[C@H]3CN4CCC3CC4)cc21. The predicted molar refractivity (Wildman–Crippen MR) is 204 cm³/mol. The third-order valence-corrected chi connectivity index (χ3v) is 12.9. The summed E-state index contributed by atoms with van der Waals surface area (Å²) in [6.07, 6.45) is 5.39. The number of aryl methyl sites for hydroxylation is 2. The molecular weight excluding hydrogens is 729 g/mol. The summed E-state index contributed by atoms with van der Waals surface area (Å²) < 4.78 is 71.9. The molecule has 6 fully saturated rings. The lowest BCUT2D eigenvalue weighted by atomic mass is 9.86. The number of hydrogen-bond donors (Lipinski definition) is 2. The summed E-state index contributed by atoms with van der Waals surface area (Å²) in [5.41, 5.74) is 5.47. The summed E-state index contributed by atoms with van der Waals surface area (Å²) in [4.78, 5) is 18.2. The summed E-state index contributed by atoms with van der Waals surface area (Å²) in [7, 11) is -8.04. The normalized spacial score (nSPS) is 25.0. The molecule has 4 aromatic carbocycles. The number of hydrogen-bond acceptors (Lipinski definition) is 9. The molecule has 4 aromatic rings. The van der Waals surface area contributed by atoms with Crippen LogP contribution in [0.25, 0.3) is 11.1 Å². The second kappa shape index (κ2) is 15.6. The van der Waals surface area contributed by atoms with Crippen LogP contribution in [0.1, 0.15) is 52.7 Å². The van der Waals surface area contributed by atoms with Gasteiger partial charge in [0.1, 0.15) is 23.7 Å². The Hall–Kier alpha value is -4.11. The maximum Gasteiger partial charge on any atom is 0.294 e. The van der Waals surface area contributed by atoms with E-state index in [0.717, 1.165) is 58.0 Å². The van der Waals surface area contributed by atoms with E-state index in [2.05, 4.69) is 21.9 Å². The van der Waals surface area contributed by atoms with Crippen molar-refractivity contribution in [3.05, 3.63) is 107 Å². The van der Waals surface area contributed by atoms with Crippen LogP contribution < -0.4 is 9.47 Å². The van der Waals surface area contributed by atoms with E-state index >= 15 is 0 Å². The first-order chi connectivity index (χ1) is 25.7. The van der Waals surface area contributed by atoms with Crippen LogP contribution in [0.4, 0.5) is 0 Å². The lowest BCUT2D eigenvalue weighted by Gasteiger charge is -2.44. The zero-order valence-electron chi connectivity index (χ0n) is 30.4. The molecule has 0 spiro atoms. The summed E-state index contributed by atoms with van der Waals surface area (Å²) >= 11 is 0. The molecule has 0 radical (unpaired) electrons. The van der Waals surface area contributed by atoms with Gasteiger partial charge in [0.15, 0.2) is 5.78 Å². The van der Waals surface area contributed by atoms with Crippen LogP contribution in [0.3, 0.4) is 0 Å². The molecule has 0 amide bonds. The van der Waals surface area contributed by atoms with Crippen molar-refractivity contribution in [2.45, 2.75) is 61.5 Å². The molecule has 1 aliphatic carbocycles. The highest BCUT2D eigenvalue weighted by Gasteiger charge is 2.37. The molecule has 4 bridgehead atoms. The van der Waals surface area contributed by atoms with Gasteiger partial charge in [-0.2, -0.15) is 16.8 Å². The number of rotatable bonds is 6. The minimum atomic E-state index is -4.02. The van der Waals surface area contributed by atoms with Gasteiger partial charge in [0.05, 0.1) is 9.79 Å². The molecule has 13 heteroatoms. The minimum absolute atomic E-state index is 0.0666. The lowest BCUT2D eigenvalue weighted by Crippen LogP contribution is -2.52. The van der Waals surface area contributed by atoms with Gasteiger partial charge >= 0.3 is 0 Å². The van der Waals surface area contributed by atoms with Crippen molar-refractivity contribution in [1.29, 1.82) is 0 Å². The molecule has 0 aromatic heterocycles. The number of fused-ring (bicyclic) bond motifs is 9. The van der Waals surface area contributed by atoms with Crippen molar-refractivity contribution in [2.75, 3.05) is 39.3 Å². The number of ether oxygens (including phenoxy) is 2. The summed E-state index contributed by atoms with van der Waals surface area (Å²) in [5.74, 6) is 3.04. The van der Waals surface area contributed by atoms with Gasteiger partial charge in [-0.1, -0.05) is 35.4 Å². The Labute approximate surface area is 317 Å². The molecule has 54 heavy (non-hydrogen) atoms. The monoisotopic (exact) mass is 774 g/mol. The van der Waals surface area contributed by atoms with Gasteiger partial charge in [-0.05, 0) is 149 Å². The van der Waals surface area contributed by atoms with E-state index in [1.54, 1.807) is 24.3 Å². The largest absolute Gasteiger partial charge is 0.489 e. The van der Waals surface area contributed by atoms with Crippen LogP contribution >= 0.6 is 0 Å². The number of carbonyl (C=O) groups is 1. The molecule has 6 heterocycles. The average molecular weight is 775 g/mol. The Morgan fingerprint density at radius 3 is 1.19 bits per heavy atom. The molecule has 2 N–H and O–H groups in total. The number of ketones is 1. The number of piperidine rings is 6. The van der Waals surface area contributed by atoms with E-state index < -0.39 is 20.2 Å². The molecule has 6 aliphatic heterocycles. The van der Waals surface area contributed by atoms with Crippen molar-refractivity contribution in [3.63, 3.8) is 0 Å². The zero-order valence-corrected chi connectivity index (χ0v) is 32.1. The minimum Gasteiger partial charge on any atom is -0.489 e.